The highest BCUT2D eigenvalue weighted by Crippen LogP contribution is 2.01. The summed E-state index contributed by atoms with van der Waals surface area (Å²) < 4.78 is 0. The van der Waals surface area contributed by atoms with Gasteiger partial charge in [0.15, 0.2) is 0 Å². The molecule has 0 radical (unpaired) electrons. The second-order valence-corrected chi connectivity index (χ2v) is 9.34. The van der Waals surface area contributed by atoms with Gasteiger partial charge in [-0.1, -0.05) is 26.2 Å². The minimum absolute atomic E-state index is 0.695. The first kappa shape index (κ1) is 33.6. The number of nitrogens with one attached hydrogen (secondary N) is 2. The molecule has 0 amide bonds. The fraction of sp³-hybridized carbons (Fsp3) is 1.00. The number of nitrogens with two attached hydrogens (primary N) is 1. The Labute approximate surface area is 209 Å². The smallest absolute Gasteiger partial charge is 0.0238 e. The van der Waals surface area contributed by atoms with Crippen LogP contribution in [0.4, 0.5) is 0 Å². The van der Waals surface area contributed by atoms with E-state index < -0.39 is 0 Å². The van der Waals surface area contributed by atoms with Crippen LogP contribution in [0.15, 0.2) is 0 Å². The minimum atomic E-state index is 0.695. The molecule has 0 fully saturated rings. The maximum absolute atomic E-state index is 9.98. The van der Waals surface area contributed by atoms with E-state index in [9.17, 15) is 15.6 Å². The Bertz CT molecular complexity index is 396. The molecule has 0 aromatic heterocycles. The number of hydroxylamine groups is 6. The van der Waals surface area contributed by atoms with Gasteiger partial charge in [0.25, 0.3) is 0 Å². The quantitative estimate of drug-likeness (QED) is 0.0725. The Balaban J connectivity index is 3.23. The minimum Gasteiger partial charge on any atom is -0.330 e. The second-order valence-electron chi connectivity index (χ2n) is 9.34. The number of unbranched alkanes of at least 4 members (excludes halogenated alkanes) is 8. The van der Waals surface area contributed by atoms with E-state index in [4.69, 9.17) is 5.73 Å². The maximum Gasteiger partial charge on any atom is 0.0238 e. The van der Waals surface area contributed by atoms with Gasteiger partial charge in [0.2, 0.25) is 0 Å². The van der Waals surface area contributed by atoms with Crippen LogP contribution in [-0.4, -0.2) is 103 Å². The number of hydrogen-bond acceptors (Lipinski definition) is 9. The zero-order valence-electron chi connectivity index (χ0n) is 22.2. The van der Waals surface area contributed by atoms with Gasteiger partial charge in [-0.25, -0.2) is 0 Å². The summed E-state index contributed by atoms with van der Waals surface area (Å²) in [6.45, 7) is 11.2. The van der Waals surface area contributed by atoms with Crippen molar-refractivity contribution in [2.75, 3.05) is 72.0 Å². The average Bonchev–Trinajstić information content (AvgIpc) is 2.83. The highest BCUT2D eigenvalue weighted by atomic mass is 16.5. The van der Waals surface area contributed by atoms with Gasteiger partial charge in [-0.05, 0) is 96.9 Å². The molecule has 7 N–H and O–H groups in total. The largest absolute Gasteiger partial charge is 0.330 e. The first-order valence-electron chi connectivity index (χ1n) is 14.0. The molecule has 0 saturated heterocycles. The Hall–Kier alpha value is -0.360. The van der Waals surface area contributed by atoms with Crippen molar-refractivity contribution in [1.82, 2.24) is 25.8 Å². The SMILES string of the molecule is CCN(O)CCCCCNCCCCN(O)CCCCCNCCCCN(O)CCCCCN. The van der Waals surface area contributed by atoms with Gasteiger partial charge in [-0.15, -0.1) is 0 Å². The van der Waals surface area contributed by atoms with Crippen molar-refractivity contribution >= 4 is 0 Å². The normalized spacial score (nSPS) is 12.0. The van der Waals surface area contributed by atoms with E-state index in [0.29, 0.717) is 6.54 Å². The van der Waals surface area contributed by atoms with Crippen LogP contribution in [0.2, 0.25) is 0 Å². The molecule has 0 aliphatic heterocycles. The van der Waals surface area contributed by atoms with Gasteiger partial charge in [0.05, 0.1) is 0 Å². The highest BCUT2D eigenvalue weighted by molar-refractivity contribution is 4.56. The fourth-order valence-electron chi connectivity index (χ4n) is 3.78. The highest BCUT2D eigenvalue weighted by Gasteiger charge is 2.02. The van der Waals surface area contributed by atoms with Crippen LogP contribution >= 0.6 is 0 Å². The predicted octanol–water partition coefficient (Wildman–Crippen LogP) is 3.29. The maximum atomic E-state index is 9.98. The summed E-state index contributed by atoms with van der Waals surface area (Å²) >= 11 is 0. The van der Waals surface area contributed by atoms with E-state index in [1.54, 1.807) is 0 Å². The third kappa shape index (κ3) is 26.2. The first-order chi connectivity index (χ1) is 16.6. The summed E-state index contributed by atoms with van der Waals surface area (Å²) in [6.07, 6.45) is 14.0. The Morgan fingerprint density at radius 1 is 0.471 bits per heavy atom. The van der Waals surface area contributed by atoms with Crippen molar-refractivity contribution in [3.63, 3.8) is 0 Å². The third-order valence-corrected chi connectivity index (χ3v) is 6.06. The summed E-state index contributed by atoms with van der Waals surface area (Å²) in [5, 5.41) is 40.3. The van der Waals surface area contributed by atoms with Crippen LogP contribution in [-0.2, 0) is 0 Å². The monoisotopic (exact) mass is 490 g/mol. The van der Waals surface area contributed by atoms with Crippen LogP contribution in [0.3, 0.4) is 0 Å². The molecule has 9 heteroatoms. The lowest BCUT2D eigenvalue weighted by Crippen LogP contribution is -2.24. The summed E-state index contributed by atoms with van der Waals surface area (Å²) in [7, 11) is 0. The number of rotatable bonds is 28. The summed E-state index contributed by atoms with van der Waals surface area (Å²) in [6, 6.07) is 0. The summed E-state index contributed by atoms with van der Waals surface area (Å²) in [5.74, 6) is 0. The molecule has 0 saturated carbocycles. The van der Waals surface area contributed by atoms with Crippen molar-refractivity contribution in [2.45, 2.75) is 90.4 Å². The molecule has 0 rings (SSSR count). The molecular weight excluding hydrogens is 432 g/mol. The zero-order chi connectivity index (χ0) is 25.1. The van der Waals surface area contributed by atoms with Crippen LogP contribution in [0, 0.1) is 0 Å². The summed E-state index contributed by atoms with van der Waals surface area (Å²) in [5.41, 5.74) is 5.47. The molecule has 0 aliphatic carbocycles. The van der Waals surface area contributed by atoms with Gasteiger partial charge >= 0.3 is 0 Å². The van der Waals surface area contributed by atoms with Crippen LogP contribution in [0.1, 0.15) is 90.4 Å². The van der Waals surface area contributed by atoms with E-state index in [1.165, 1.54) is 15.2 Å². The number of nitrogens with zero attached hydrogens (tertiary/aromatic N) is 3. The first-order valence-corrected chi connectivity index (χ1v) is 14.0. The lowest BCUT2D eigenvalue weighted by atomic mass is 10.2. The molecule has 0 atom stereocenters. The van der Waals surface area contributed by atoms with Crippen molar-refractivity contribution in [3.8, 4) is 0 Å². The van der Waals surface area contributed by atoms with Crippen molar-refractivity contribution in [3.05, 3.63) is 0 Å². The van der Waals surface area contributed by atoms with E-state index in [1.807, 2.05) is 6.92 Å². The lowest BCUT2D eigenvalue weighted by molar-refractivity contribution is -0.0926. The Kier molecular flexibility index (Phi) is 26.9. The van der Waals surface area contributed by atoms with Crippen LogP contribution in [0.5, 0.6) is 0 Å². The van der Waals surface area contributed by atoms with Gasteiger partial charge in [-0.3, -0.25) is 0 Å². The zero-order valence-corrected chi connectivity index (χ0v) is 22.2. The van der Waals surface area contributed by atoms with E-state index in [-0.39, 0.29) is 0 Å². The van der Waals surface area contributed by atoms with Gasteiger partial charge in [-0.2, -0.15) is 15.2 Å². The molecule has 0 heterocycles. The van der Waals surface area contributed by atoms with E-state index in [0.717, 1.165) is 149 Å². The van der Waals surface area contributed by atoms with Crippen LogP contribution < -0.4 is 16.4 Å². The van der Waals surface area contributed by atoms with Crippen LogP contribution in [0.25, 0.3) is 0 Å². The molecule has 34 heavy (non-hydrogen) atoms. The third-order valence-electron chi connectivity index (χ3n) is 6.06. The molecular formula is C25H58N6O3. The predicted molar refractivity (Wildman–Crippen MR) is 141 cm³/mol. The molecule has 0 bridgehead atoms. The molecule has 0 aromatic carbocycles. The van der Waals surface area contributed by atoms with Crippen molar-refractivity contribution < 1.29 is 15.6 Å². The standard InChI is InChI=1S/C25H58N6O3/c1-2-29(32)21-12-4-7-17-27-19-10-15-25-31(34)23-13-5-8-18-28-20-9-14-24-30(33)22-11-3-6-16-26/h27-28,32-34H,2-26H2,1H3. The van der Waals surface area contributed by atoms with Crippen molar-refractivity contribution in [1.29, 1.82) is 0 Å². The topological polar surface area (TPSA) is 120 Å². The molecule has 206 valence electrons. The van der Waals surface area contributed by atoms with E-state index in [2.05, 4.69) is 10.6 Å². The van der Waals surface area contributed by atoms with Gasteiger partial charge < -0.3 is 32.0 Å². The Morgan fingerprint density at radius 3 is 1.18 bits per heavy atom. The number of hydrogen-bond donors (Lipinski definition) is 6. The molecule has 0 aliphatic rings. The average molecular weight is 491 g/mol. The fourth-order valence-corrected chi connectivity index (χ4v) is 3.78. The Morgan fingerprint density at radius 2 is 0.794 bits per heavy atom. The molecule has 0 unspecified atom stereocenters. The molecule has 9 nitrogen and oxygen atoms in total. The van der Waals surface area contributed by atoms with Gasteiger partial charge in [0.1, 0.15) is 0 Å². The van der Waals surface area contributed by atoms with E-state index >= 15 is 0 Å². The van der Waals surface area contributed by atoms with Crippen molar-refractivity contribution in [2.24, 2.45) is 5.73 Å². The molecule has 0 spiro atoms. The summed E-state index contributed by atoms with van der Waals surface area (Å²) in [4.78, 5) is 0. The second kappa shape index (κ2) is 27.2. The lowest BCUT2D eigenvalue weighted by Gasteiger charge is -2.15. The molecule has 0 aromatic rings. The van der Waals surface area contributed by atoms with Gasteiger partial charge in [0, 0.05) is 39.3 Å².